The molecule has 0 radical (unpaired) electrons. The van der Waals surface area contributed by atoms with E-state index in [1.165, 1.54) is 22.3 Å². The van der Waals surface area contributed by atoms with Gasteiger partial charge in [-0.3, -0.25) is 0 Å². The van der Waals surface area contributed by atoms with Crippen LogP contribution in [0.1, 0.15) is 43.4 Å². The molecular weight excluding hydrogens is 232 g/mol. The molecule has 1 aliphatic carbocycles. The first-order chi connectivity index (χ1) is 8.94. The topological polar surface area (TPSA) is 20.2 Å². The first-order valence-corrected chi connectivity index (χ1v) is 7.36. The van der Waals surface area contributed by atoms with Crippen molar-refractivity contribution < 1.29 is 5.11 Å². The molecule has 1 aliphatic rings. The fraction of sp³-hybridized carbons (Fsp3) is 0.556. The van der Waals surface area contributed by atoms with Crippen LogP contribution < -0.4 is 0 Å². The zero-order chi connectivity index (χ0) is 14.0. The van der Waals surface area contributed by atoms with Crippen molar-refractivity contribution in [3.05, 3.63) is 46.5 Å². The SMILES string of the molecule is CC1=CC(C)CC(C(O)Cc2cc(C)cc(C)c2)C1. The van der Waals surface area contributed by atoms with Gasteiger partial charge in [0, 0.05) is 0 Å². The minimum absolute atomic E-state index is 0.215. The molecule has 2 rings (SSSR count). The molecule has 0 spiro atoms. The Hall–Kier alpha value is -1.08. The summed E-state index contributed by atoms with van der Waals surface area (Å²) in [6.07, 6.45) is 5.08. The molecule has 0 amide bonds. The van der Waals surface area contributed by atoms with Crippen LogP contribution in [-0.4, -0.2) is 11.2 Å². The molecule has 1 aromatic rings. The molecule has 0 aromatic heterocycles. The second-order valence-corrected chi connectivity index (χ2v) is 6.46. The highest BCUT2D eigenvalue weighted by molar-refractivity contribution is 5.29. The molecule has 0 saturated heterocycles. The van der Waals surface area contributed by atoms with E-state index in [1.807, 2.05) is 0 Å². The van der Waals surface area contributed by atoms with Gasteiger partial charge < -0.3 is 5.11 Å². The number of benzene rings is 1. The lowest BCUT2D eigenvalue weighted by Gasteiger charge is -2.29. The average Bonchev–Trinajstić information content (AvgIpc) is 2.25. The highest BCUT2D eigenvalue weighted by Crippen LogP contribution is 2.31. The van der Waals surface area contributed by atoms with E-state index < -0.39 is 0 Å². The van der Waals surface area contributed by atoms with E-state index in [0.717, 1.165) is 19.3 Å². The lowest BCUT2D eigenvalue weighted by molar-refractivity contribution is 0.0932. The number of aliphatic hydroxyl groups is 1. The van der Waals surface area contributed by atoms with Crippen molar-refractivity contribution in [1.82, 2.24) is 0 Å². The molecule has 3 atom stereocenters. The minimum atomic E-state index is -0.215. The maximum absolute atomic E-state index is 10.5. The van der Waals surface area contributed by atoms with Crippen LogP contribution in [0.5, 0.6) is 0 Å². The molecule has 1 N–H and O–H groups in total. The van der Waals surface area contributed by atoms with Crippen molar-refractivity contribution >= 4 is 0 Å². The Morgan fingerprint density at radius 3 is 2.37 bits per heavy atom. The normalized spacial score (nSPS) is 25.0. The van der Waals surface area contributed by atoms with Crippen LogP contribution in [0.3, 0.4) is 0 Å². The van der Waals surface area contributed by atoms with Crippen molar-refractivity contribution in [2.45, 2.75) is 53.1 Å². The predicted molar refractivity (Wildman–Crippen MR) is 81.3 cm³/mol. The summed E-state index contributed by atoms with van der Waals surface area (Å²) in [5, 5.41) is 10.5. The Balaban J connectivity index is 2.04. The van der Waals surface area contributed by atoms with Crippen LogP contribution in [0.4, 0.5) is 0 Å². The Bertz CT molecular complexity index is 452. The standard InChI is InChI=1S/C18H26O/c1-12-5-13(2)8-16(7-12)11-18(19)17-9-14(3)6-15(4)10-17/h5-8,14,17-19H,9-11H2,1-4H3. The molecule has 0 bridgehead atoms. The third-order valence-corrected chi connectivity index (χ3v) is 4.10. The second-order valence-electron chi connectivity index (χ2n) is 6.46. The number of hydrogen-bond donors (Lipinski definition) is 1. The Morgan fingerprint density at radius 1 is 1.16 bits per heavy atom. The summed E-state index contributed by atoms with van der Waals surface area (Å²) in [5.74, 6) is 1.02. The lowest BCUT2D eigenvalue weighted by atomic mass is 9.79. The van der Waals surface area contributed by atoms with Crippen LogP contribution in [0.2, 0.25) is 0 Å². The largest absolute Gasteiger partial charge is 0.392 e. The van der Waals surface area contributed by atoms with E-state index in [-0.39, 0.29) is 6.10 Å². The molecule has 1 heteroatoms. The number of allylic oxidation sites excluding steroid dienone is 2. The van der Waals surface area contributed by atoms with Gasteiger partial charge in [-0.15, -0.1) is 0 Å². The number of rotatable bonds is 3. The van der Waals surface area contributed by atoms with Crippen LogP contribution in [0.25, 0.3) is 0 Å². The second kappa shape index (κ2) is 5.92. The van der Waals surface area contributed by atoms with Gasteiger partial charge in [0.05, 0.1) is 6.10 Å². The maximum Gasteiger partial charge on any atom is 0.0611 e. The van der Waals surface area contributed by atoms with Crippen molar-refractivity contribution in [3.8, 4) is 0 Å². The molecule has 104 valence electrons. The summed E-state index contributed by atoms with van der Waals surface area (Å²) < 4.78 is 0. The van der Waals surface area contributed by atoms with Crippen molar-refractivity contribution in [2.24, 2.45) is 11.8 Å². The molecule has 19 heavy (non-hydrogen) atoms. The average molecular weight is 258 g/mol. The van der Waals surface area contributed by atoms with Gasteiger partial charge >= 0.3 is 0 Å². The highest BCUT2D eigenvalue weighted by Gasteiger charge is 2.24. The summed E-state index contributed by atoms with van der Waals surface area (Å²) >= 11 is 0. The maximum atomic E-state index is 10.5. The van der Waals surface area contributed by atoms with E-state index in [0.29, 0.717) is 11.8 Å². The lowest BCUT2D eigenvalue weighted by Crippen LogP contribution is -2.27. The van der Waals surface area contributed by atoms with Crippen molar-refractivity contribution in [2.75, 3.05) is 0 Å². The third kappa shape index (κ3) is 3.94. The minimum Gasteiger partial charge on any atom is -0.392 e. The van der Waals surface area contributed by atoms with E-state index in [2.05, 4.69) is 52.0 Å². The Labute approximate surface area is 117 Å². The highest BCUT2D eigenvalue weighted by atomic mass is 16.3. The van der Waals surface area contributed by atoms with Crippen LogP contribution in [0, 0.1) is 25.7 Å². The van der Waals surface area contributed by atoms with Gasteiger partial charge in [-0.05, 0) is 57.4 Å². The van der Waals surface area contributed by atoms with Gasteiger partial charge in [0.1, 0.15) is 0 Å². The first-order valence-electron chi connectivity index (χ1n) is 7.36. The third-order valence-electron chi connectivity index (χ3n) is 4.10. The molecule has 0 aliphatic heterocycles. The predicted octanol–water partition coefficient (Wildman–Crippen LogP) is 4.20. The fourth-order valence-corrected chi connectivity index (χ4v) is 3.48. The van der Waals surface area contributed by atoms with Crippen LogP contribution >= 0.6 is 0 Å². The molecule has 0 saturated carbocycles. The van der Waals surface area contributed by atoms with E-state index in [1.54, 1.807) is 0 Å². The van der Waals surface area contributed by atoms with Gasteiger partial charge in [0.15, 0.2) is 0 Å². The summed E-state index contributed by atoms with van der Waals surface area (Å²) in [6.45, 7) is 8.68. The molecule has 3 unspecified atom stereocenters. The van der Waals surface area contributed by atoms with Crippen molar-refractivity contribution in [3.63, 3.8) is 0 Å². The molecular formula is C18H26O. The van der Waals surface area contributed by atoms with Gasteiger partial charge in [-0.25, -0.2) is 0 Å². The van der Waals surface area contributed by atoms with Gasteiger partial charge in [-0.1, -0.05) is 47.9 Å². The monoisotopic (exact) mass is 258 g/mol. The zero-order valence-corrected chi connectivity index (χ0v) is 12.6. The number of aliphatic hydroxyl groups excluding tert-OH is 1. The summed E-state index contributed by atoms with van der Waals surface area (Å²) in [7, 11) is 0. The molecule has 1 aromatic carbocycles. The Morgan fingerprint density at radius 2 is 1.79 bits per heavy atom. The summed E-state index contributed by atoms with van der Waals surface area (Å²) in [5.41, 5.74) is 5.28. The molecule has 0 fully saturated rings. The van der Waals surface area contributed by atoms with Gasteiger partial charge in [-0.2, -0.15) is 0 Å². The van der Waals surface area contributed by atoms with E-state index in [4.69, 9.17) is 0 Å². The van der Waals surface area contributed by atoms with Gasteiger partial charge in [0.25, 0.3) is 0 Å². The smallest absolute Gasteiger partial charge is 0.0611 e. The van der Waals surface area contributed by atoms with Crippen molar-refractivity contribution in [1.29, 1.82) is 0 Å². The fourth-order valence-electron chi connectivity index (χ4n) is 3.48. The molecule has 1 nitrogen and oxygen atoms in total. The van der Waals surface area contributed by atoms with E-state index >= 15 is 0 Å². The summed E-state index contributed by atoms with van der Waals surface area (Å²) in [4.78, 5) is 0. The molecule has 0 heterocycles. The Kier molecular flexibility index (Phi) is 4.46. The first kappa shape index (κ1) is 14.3. The van der Waals surface area contributed by atoms with E-state index in [9.17, 15) is 5.11 Å². The van der Waals surface area contributed by atoms with Crippen LogP contribution in [0.15, 0.2) is 29.8 Å². The summed E-state index contributed by atoms with van der Waals surface area (Å²) in [6, 6.07) is 6.59. The van der Waals surface area contributed by atoms with Gasteiger partial charge in [0.2, 0.25) is 0 Å². The zero-order valence-electron chi connectivity index (χ0n) is 12.6. The van der Waals surface area contributed by atoms with Crippen LogP contribution in [-0.2, 0) is 6.42 Å². The quantitative estimate of drug-likeness (QED) is 0.806. The number of hydrogen-bond acceptors (Lipinski definition) is 1. The number of aryl methyl sites for hydroxylation is 2.